The van der Waals surface area contributed by atoms with E-state index in [4.69, 9.17) is 23.7 Å². The van der Waals surface area contributed by atoms with E-state index in [9.17, 15) is 9.59 Å². The number of carbonyl (C=O) groups excluding carboxylic acids is 2. The Morgan fingerprint density at radius 1 is 0.838 bits per heavy atom. The number of ether oxygens (including phenoxy) is 5. The molecule has 1 aliphatic rings. The van der Waals surface area contributed by atoms with Crippen LogP contribution in [0.25, 0.3) is 0 Å². The maximum atomic E-state index is 12.6. The Morgan fingerprint density at radius 2 is 1.46 bits per heavy atom. The fourth-order valence-corrected chi connectivity index (χ4v) is 4.44. The topological polar surface area (TPSA) is 92.3 Å². The van der Waals surface area contributed by atoms with Gasteiger partial charge in [-0.1, -0.05) is 30.3 Å². The summed E-state index contributed by atoms with van der Waals surface area (Å²) in [5.74, 6) is 1.51. The minimum absolute atomic E-state index is 0.0224. The number of rotatable bonds is 11. The number of amides is 1. The molecule has 3 aromatic rings. The van der Waals surface area contributed by atoms with Gasteiger partial charge >= 0.3 is 5.97 Å². The normalized spacial score (nSPS) is 16.6. The number of methoxy groups -OCH3 is 3. The molecule has 0 unspecified atom stereocenters. The number of cyclic esters (lactones) is 1. The van der Waals surface area contributed by atoms with Crippen molar-refractivity contribution in [3.63, 3.8) is 0 Å². The van der Waals surface area contributed by atoms with Crippen molar-refractivity contribution in [3.8, 4) is 23.0 Å². The van der Waals surface area contributed by atoms with E-state index < -0.39 is 0 Å². The second-order valence-electron chi connectivity index (χ2n) is 8.78. The third kappa shape index (κ3) is 6.52. The van der Waals surface area contributed by atoms with Crippen LogP contribution >= 0.6 is 0 Å². The van der Waals surface area contributed by atoms with E-state index in [1.54, 1.807) is 39.5 Å². The van der Waals surface area contributed by atoms with Crippen molar-refractivity contribution < 1.29 is 33.3 Å². The predicted octanol–water partition coefficient (Wildman–Crippen LogP) is 4.30. The molecule has 37 heavy (non-hydrogen) atoms. The Bertz CT molecular complexity index is 1230. The first-order chi connectivity index (χ1) is 18.0. The molecule has 4 rings (SSSR count). The van der Waals surface area contributed by atoms with Crippen LogP contribution in [0.1, 0.15) is 11.1 Å². The molecule has 194 valence electrons. The smallest absolute Gasteiger partial charge is 0.309 e. The lowest BCUT2D eigenvalue weighted by Gasteiger charge is -2.17. The second kappa shape index (κ2) is 12.2. The largest absolute Gasteiger partial charge is 0.493 e. The van der Waals surface area contributed by atoms with Crippen LogP contribution in [0.3, 0.4) is 0 Å². The van der Waals surface area contributed by atoms with Crippen LogP contribution in [0.2, 0.25) is 0 Å². The summed E-state index contributed by atoms with van der Waals surface area (Å²) in [6, 6.07) is 20.4. The highest BCUT2D eigenvalue weighted by molar-refractivity contribution is 5.91. The lowest BCUT2D eigenvalue weighted by atomic mass is 9.85. The zero-order valence-corrected chi connectivity index (χ0v) is 21.2. The summed E-state index contributed by atoms with van der Waals surface area (Å²) < 4.78 is 27.4. The van der Waals surface area contributed by atoms with Gasteiger partial charge in [0, 0.05) is 11.6 Å². The highest BCUT2D eigenvalue weighted by Gasteiger charge is 2.37. The lowest BCUT2D eigenvalue weighted by Crippen LogP contribution is -2.21. The Morgan fingerprint density at radius 3 is 2.14 bits per heavy atom. The van der Waals surface area contributed by atoms with Crippen molar-refractivity contribution >= 4 is 17.6 Å². The number of hydrogen-bond donors (Lipinski definition) is 1. The molecule has 0 aromatic heterocycles. The molecule has 8 heteroatoms. The van der Waals surface area contributed by atoms with Gasteiger partial charge in [-0.05, 0) is 60.4 Å². The number of esters is 1. The molecule has 0 spiro atoms. The average molecular weight is 506 g/mol. The van der Waals surface area contributed by atoms with E-state index in [1.165, 1.54) is 0 Å². The lowest BCUT2D eigenvalue weighted by molar-refractivity contribution is -0.141. The third-order valence-corrected chi connectivity index (χ3v) is 6.36. The molecule has 1 saturated heterocycles. The zero-order valence-electron chi connectivity index (χ0n) is 21.2. The van der Waals surface area contributed by atoms with Crippen molar-refractivity contribution in [2.24, 2.45) is 11.8 Å². The molecule has 0 radical (unpaired) electrons. The van der Waals surface area contributed by atoms with Gasteiger partial charge < -0.3 is 29.0 Å². The minimum atomic E-state index is -0.291. The SMILES string of the molecule is COc1ccc(C[C@H]2COC(=O)[C@@H]2Cc2ccc(OCC(=O)Nc3ccccc3)c(OC)c2)cc1OC. The number of anilines is 1. The first-order valence-electron chi connectivity index (χ1n) is 12.0. The van der Waals surface area contributed by atoms with Gasteiger partial charge in [0.05, 0.1) is 33.9 Å². The molecule has 8 nitrogen and oxygen atoms in total. The first-order valence-corrected chi connectivity index (χ1v) is 12.0. The van der Waals surface area contributed by atoms with E-state index in [-0.39, 0.29) is 30.3 Å². The van der Waals surface area contributed by atoms with Gasteiger partial charge in [-0.15, -0.1) is 0 Å². The second-order valence-corrected chi connectivity index (χ2v) is 8.78. The van der Waals surface area contributed by atoms with Gasteiger partial charge in [-0.2, -0.15) is 0 Å². The van der Waals surface area contributed by atoms with E-state index in [2.05, 4.69) is 5.32 Å². The van der Waals surface area contributed by atoms with Crippen LogP contribution in [0, 0.1) is 11.8 Å². The average Bonchev–Trinajstić information content (AvgIpc) is 3.26. The fourth-order valence-electron chi connectivity index (χ4n) is 4.44. The van der Waals surface area contributed by atoms with E-state index >= 15 is 0 Å². The van der Waals surface area contributed by atoms with Gasteiger partial charge in [-0.25, -0.2) is 0 Å². The Kier molecular flexibility index (Phi) is 8.51. The Labute approximate surface area is 216 Å². The van der Waals surface area contributed by atoms with Gasteiger partial charge in [0.1, 0.15) is 0 Å². The minimum Gasteiger partial charge on any atom is -0.493 e. The number of benzene rings is 3. The Hall–Kier alpha value is -4.20. The van der Waals surface area contributed by atoms with Gasteiger partial charge in [0.15, 0.2) is 29.6 Å². The maximum Gasteiger partial charge on any atom is 0.309 e. The molecular weight excluding hydrogens is 474 g/mol. The van der Waals surface area contributed by atoms with Crippen LogP contribution in [-0.4, -0.2) is 46.4 Å². The summed E-state index contributed by atoms with van der Waals surface area (Å²) in [7, 11) is 4.74. The molecule has 1 fully saturated rings. The third-order valence-electron chi connectivity index (χ3n) is 6.36. The Balaban J connectivity index is 1.40. The highest BCUT2D eigenvalue weighted by Crippen LogP contribution is 2.35. The summed E-state index contributed by atoms with van der Waals surface area (Å²) in [5.41, 5.74) is 2.66. The molecule has 0 saturated carbocycles. The molecule has 2 atom stereocenters. The van der Waals surface area contributed by atoms with E-state index in [0.29, 0.717) is 48.1 Å². The zero-order chi connectivity index (χ0) is 26.2. The number of nitrogens with one attached hydrogen (secondary N) is 1. The monoisotopic (exact) mass is 505 g/mol. The number of para-hydroxylation sites is 1. The van der Waals surface area contributed by atoms with Crippen molar-refractivity contribution in [3.05, 3.63) is 77.9 Å². The number of hydrogen-bond acceptors (Lipinski definition) is 7. The fraction of sp³-hybridized carbons (Fsp3) is 0.310. The summed E-state index contributed by atoms with van der Waals surface area (Å²) in [6.45, 7) is 0.208. The van der Waals surface area contributed by atoms with Crippen molar-refractivity contribution in [2.45, 2.75) is 12.8 Å². The van der Waals surface area contributed by atoms with E-state index in [1.807, 2.05) is 48.5 Å². The van der Waals surface area contributed by atoms with Crippen molar-refractivity contribution in [1.29, 1.82) is 0 Å². The molecule has 1 amide bonds. The van der Waals surface area contributed by atoms with E-state index in [0.717, 1.165) is 11.1 Å². The molecule has 1 heterocycles. The van der Waals surface area contributed by atoms with Gasteiger partial charge in [0.25, 0.3) is 5.91 Å². The molecule has 1 aliphatic heterocycles. The molecule has 0 aliphatic carbocycles. The van der Waals surface area contributed by atoms with Gasteiger partial charge in [0.2, 0.25) is 0 Å². The standard InChI is InChI=1S/C29H31NO7/c1-33-24-11-9-19(15-26(24)34-2)13-21-17-37-29(32)23(21)14-20-10-12-25(27(16-20)35-3)36-18-28(31)30-22-7-5-4-6-8-22/h4-12,15-16,21,23H,13-14,17-18H2,1-3H3,(H,30,31)/t21-,23+/m0/s1. The highest BCUT2D eigenvalue weighted by atomic mass is 16.5. The predicted molar refractivity (Wildman–Crippen MR) is 138 cm³/mol. The summed E-state index contributed by atoms with van der Waals surface area (Å²) >= 11 is 0. The quantitative estimate of drug-likeness (QED) is 0.389. The summed E-state index contributed by atoms with van der Waals surface area (Å²) in [5, 5.41) is 2.78. The van der Waals surface area contributed by atoms with Crippen LogP contribution in [-0.2, 0) is 27.2 Å². The van der Waals surface area contributed by atoms with Crippen LogP contribution < -0.4 is 24.3 Å². The van der Waals surface area contributed by atoms with Crippen LogP contribution in [0.4, 0.5) is 5.69 Å². The van der Waals surface area contributed by atoms with Crippen LogP contribution in [0.15, 0.2) is 66.7 Å². The number of carbonyl (C=O) groups is 2. The maximum absolute atomic E-state index is 12.6. The molecule has 1 N–H and O–H groups in total. The van der Waals surface area contributed by atoms with Gasteiger partial charge in [-0.3, -0.25) is 9.59 Å². The molecule has 3 aromatic carbocycles. The summed E-state index contributed by atoms with van der Waals surface area (Å²) in [6.07, 6.45) is 1.17. The van der Waals surface area contributed by atoms with Crippen molar-refractivity contribution in [1.82, 2.24) is 0 Å². The first kappa shape index (κ1) is 25.9. The van der Waals surface area contributed by atoms with Crippen molar-refractivity contribution in [2.75, 3.05) is 39.9 Å². The van der Waals surface area contributed by atoms with Crippen LogP contribution in [0.5, 0.6) is 23.0 Å². The summed E-state index contributed by atoms with van der Waals surface area (Å²) in [4.78, 5) is 24.8. The molecular formula is C29H31NO7. The molecule has 0 bridgehead atoms.